The second-order valence-electron chi connectivity index (χ2n) is 5.77. The molecule has 0 amide bonds. The molecule has 0 aromatic carbocycles. The van der Waals surface area contributed by atoms with Gasteiger partial charge in [0.15, 0.2) is 0 Å². The Morgan fingerprint density at radius 1 is 1.20 bits per heavy atom. The van der Waals surface area contributed by atoms with Crippen LogP contribution in [0.5, 0.6) is 0 Å². The van der Waals surface area contributed by atoms with Crippen molar-refractivity contribution < 1.29 is 9.53 Å². The molecule has 1 aliphatic heterocycles. The van der Waals surface area contributed by atoms with E-state index in [4.69, 9.17) is 4.74 Å². The third-order valence-corrected chi connectivity index (χ3v) is 3.06. The summed E-state index contributed by atoms with van der Waals surface area (Å²) >= 11 is 0. The van der Waals surface area contributed by atoms with Gasteiger partial charge in [-0.05, 0) is 52.4 Å². The first-order valence-electron chi connectivity index (χ1n) is 5.94. The van der Waals surface area contributed by atoms with Gasteiger partial charge in [-0.3, -0.25) is 4.79 Å². The molecule has 15 heavy (non-hydrogen) atoms. The predicted molar refractivity (Wildman–Crippen MR) is 58.5 cm³/mol. The van der Waals surface area contributed by atoms with Crippen molar-refractivity contribution in [1.82, 2.24) is 5.32 Å². The first-order valence-corrected chi connectivity index (χ1v) is 5.94. The molecule has 1 N–H and O–H groups in total. The Morgan fingerprint density at radius 2 is 1.87 bits per heavy atom. The molecular weight excluding hydrogens is 190 g/mol. The average Bonchev–Trinajstić information content (AvgIpc) is 2.81. The topological polar surface area (TPSA) is 38.3 Å². The fourth-order valence-electron chi connectivity index (χ4n) is 2.20. The van der Waals surface area contributed by atoms with Crippen molar-refractivity contribution in [2.45, 2.75) is 64.1 Å². The molecule has 0 radical (unpaired) electrons. The fraction of sp³-hybridized carbons (Fsp3) is 0.917. The molecule has 2 fully saturated rings. The van der Waals surface area contributed by atoms with Crippen LogP contribution >= 0.6 is 0 Å². The van der Waals surface area contributed by atoms with Crippen molar-refractivity contribution in [2.75, 3.05) is 0 Å². The van der Waals surface area contributed by atoms with Crippen LogP contribution in [0.3, 0.4) is 0 Å². The minimum atomic E-state index is -0.365. The van der Waals surface area contributed by atoms with E-state index in [1.54, 1.807) is 0 Å². The molecule has 2 unspecified atom stereocenters. The van der Waals surface area contributed by atoms with Crippen molar-refractivity contribution in [3.63, 3.8) is 0 Å². The molecule has 1 heterocycles. The molecule has 0 bridgehead atoms. The van der Waals surface area contributed by atoms with Crippen molar-refractivity contribution in [3.8, 4) is 0 Å². The summed E-state index contributed by atoms with van der Waals surface area (Å²) in [5, 5.41) is 3.40. The molecule has 1 saturated carbocycles. The van der Waals surface area contributed by atoms with Crippen molar-refractivity contribution >= 4 is 5.97 Å². The van der Waals surface area contributed by atoms with E-state index < -0.39 is 0 Å². The first-order chi connectivity index (χ1) is 6.96. The van der Waals surface area contributed by atoms with Gasteiger partial charge in [-0.1, -0.05) is 0 Å². The average molecular weight is 211 g/mol. The molecule has 1 aliphatic carbocycles. The van der Waals surface area contributed by atoms with E-state index in [0.717, 1.165) is 18.8 Å². The van der Waals surface area contributed by atoms with E-state index in [0.29, 0.717) is 6.04 Å². The number of nitrogens with one attached hydrogen (secondary N) is 1. The maximum Gasteiger partial charge on any atom is 0.323 e. The standard InChI is InChI=1S/C12H21NO2/c1-12(2,3)15-11(14)10-7-6-9(13-10)8-4-5-8/h8-10,13H,4-7H2,1-3H3. The summed E-state index contributed by atoms with van der Waals surface area (Å²) in [6, 6.07) is 0.511. The van der Waals surface area contributed by atoms with Gasteiger partial charge in [0.2, 0.25) is 0 Å². The van der Waals surface area contributed by atoms with E-state index in [9.17, 15) is 4.79 Å². The molecule has 1 saturated heterocycles. The lowest BCUT2D eigenvalue weighted by Crippen LogP contribution is -2.40. The lowest BCUT2D eigenvalue weighted by Gasteiger charge is -2.22. The largest absolute Gasteiger partial charge is 0.459 e. The Hall–Kier alpha value is -0.570. The van der Waals surface area contributed by atoms with Crippen LogP contribution in [0.1, 0.15) is 46.5 Å². The van der Waals surface area contributed by atoms with Gasteiger partial charge in [0.05, 0.1) is 0 Å². The van der Waals surface area contributed by atoms with E-state index >= 15 is 0 Å². The summed E-state index contributed by atoms with van der Waals surface area (Å²) in [6.45, 7) is 5.74. The molecule has 3 nitrogen and oxygen atoms in total. The Morgan fingerprint density at radius 3 is 2.40 bits per heavy atom. The normalized spacial score (nSPS) is 31.7. The van der Waals surface area contributed by atoms with Crippen LogP contribution < -0.4 is 5.32 Å². The number of carbonyl (C=O) groups excluding carboxylic acids is 1. The highest BCUT2D eigenvalue weighted by Crippen LogP contribution is 2.37. The van der Waals surface area contributed by atoms with Crippen LogP contribution in [0.15, 0.2) is 0 Å². The van der Waals surface area contributed by atoms with Crippen LogP contribution in [0, 0.1) is 5.92 Å². The van der Waals surface area contributed by atoms with Crippen molar-refractivity contribution in [3.05, 3.63) is 0 Å². The number of hydrogen-bond acceptors (Lipinski definition) is 3. The number of hydrogen-bond donors (Lipinski definition) is 1. The van der Waals surface area contributed by atoms with Crippen LogP contribution in [-0.4, -0.2) is 23.7 Å². The van der Waals surface area contributed by atoms with Gasteiger partial charge in [-0.15, -0.1) is 0 Å². The highest BCUT2D eigenvalue weighted by Gasteiger charge is 2.39. The summed E-state index contributed by atoms with van der Waals surface area (Å²) in [5.74, 6) is 0.753. The Bertz CT molecular complexity index is 253. The van der Waals surface area contributed by atoms with E-state index in [2.05, 4.69) is 5.32 Å². The second kappa shape index (κ2) is 3.78. The molecule has 86 valence electrons. The van der Waals surface area contributed by atoms with Gasteiger partial charge in [0.1, 0.15) is 11.6 Å². The number of carbonyl (C=O) groups is 1. The molecule has 2 aliphatic rings. The maximum atomic E-state index is 11.8. The fourth-order valence-corrected chi connectivity index (χ4v) is 2.20. The number of rotatable bonds is 2. The third-order valence-electron chi connectivity index (χ3n) is 3.06. The molecule has 3 heteroatoms. The van der Waals surface area contributed by atoms with Crippen LogP contribution in [0.4, 0.5) is 0 Å². The predicted octanol–water partition coefficient (Wildman–Crippen LogP) is 1.86. The monoisotopic (exact) mass is 211 g/mol. The van der Waals surface area contributed by atoms with Gasteiger partial charge >= 0.3 is 5.97 Å². The lowest BCUT2D eigenvalue weighted by molar-refractivity contribution is -0.157. The number of esters is 1. The minimum Gasteiger partial charge on any atom is -0.459 e. The zero-order chi connectivity index (χ0) is 11.1. The van der Waals surface area contributed by atoms with E-state index in [-0.39, 0.29) is 17.6 Å². The summed E-state index contributed by atoms with van der Waals surface area (Å²) in [7, 11) is 0. The Labute approximate surface area is 91.6 Å². The smallest absolute Gasteiger partial charge is 0.323 e. The van der Waals surface area contributed by atoms with Crippen LogP contribution in [-0.2, 0) is 9.53 Å². The molecule has 2 atom stereocenters. The van der Waals surface area contributed by atoms with Gasteiger partial charge in [0.25, 0.3) is 0 Å². The second-order valence-corrected chi connectivity index (χ2v) is 5.77. The third kappa shape index (κ3) is 2.94. The molecule has 2 rings (SSSR count). The maximum absolute atomic E-state index is 11.8. The van der Waals surface area contributed by atoms with E-state index in [1.165, 1.54) is 12.8 Å². The van der Waals surface area contributed by atoms with Gasteiger partial charge < -0.3 is 10.1 Å². The summed E-state index contributed by atoms with van der Waals surface area (Å²) < 4.78 is 5.37. The van der Waals surface area contributed by atoms with Crippen LogP contribution in [0.25, 0.3) is 0 Å². The quantitative estimate of drug-likeness (QED) is 0.708. The van der Waals surface area contributed by atoms with Crippen molar-refractivity contribution in [2.24, 2.45) is 5.92 Å². The molecule has 0 spiro atoms. The number of ether oxygens (including phenoxy) is 1. The molecular formula is C12H21NO2. The van der Waals surface area contributed by atoms with E-state index in [1.807, 2.05) is 20.8 Å². The molecule has 0 aromatic heterocycles. The zero-order valence-electron chi connectivity index (χ0n) is 9.88. The molecule has 0 aromatic rings. The van der Waals surface area contributed by atoms with Gasteiger partial charge in [-0.2, -0.15) is 0 Å². The summed E-state index contributed by atoms with van der Waals surface area (Å²) in [4.78, 5) is 11.8. The zero-order valence-corrected chi connectivity index (χ0v) is 9.88. The first kappa shape index (κ1) is 10.9. The van der Waals surface area contributed by atoms with Crippen molar-refractivity contribution in [1.29, 1.82) is 0 Å². The van der Waals surface area contributed by atoms with Gasteiger partial charge in [-0.25, -0.2) is 0 Å². The summed E-state index contributed by atoms with van der Waals surface area (Å²) in [5.41, 5.74) is -0.365. The Kier molecular flexibility index (Phi) is 2.75. The van der Waals surface area contributed by atoms with Gasteiger partial charge in [0, 0.05) is 6.04 Å². The highest BCUT2D eigenvalue weighted by atomic mass is 16.6. The lowest BCUT2D eigenvalue weighted by atomic mass is 10.1. The highest BCUT2D eigenvalue weighted by molar-refractivity contribution is 5.76. The Balaban J connectivity index is 1.82. The van der Waals surface area contributed by atoms with Crippen LogP contribution in [0.2, 0.25) is 0 Å². The SMILES string of the molecule is CC(C)(C)OC(=O)C1CCC(C2CC2)N1. The summed E-state index contributed by atoms with van der Waals surface area (Å²) in [6.07, 6.45) is 4.74. The minimum absolute atomic E-state index is 0.0603.